The summed E-state index contributed by atoms with van der Waals surface area (Å²) in [6, 6.07) is 8.13. The number of hydrogen-bond donors (Lipinski definition) is 3. The van der Waals surface area contributed by atoms with E-state index in [2.05, 4.69) is 20.5 Å². The van der Waals surface area contributed by atoms with Gasteiger partial charge in [-0.1, -0.05) is 0 Å². The minimum absolute atomic E-state index is 0.0748. The van der Waals surface area contributed by atoms with Crippen LogP contribution in [0.5, 0.6) is 0 Å². The van der Waals surface area contributed by atoms with Crippen molar-refractivity contribution in [1.29, 1.82) is 0 Å². The smallest absolute Gasteiger partial charge is 0.254 e. The molecule has 2 heterocycles. The van der Waals surface area contributed by atoms with Gasteiger partial charge in [-0.15, -0.1) is 0 Å². The van der Waals surface area contributed by atoms with Crippen molar-refractivity contribution < 1.29 is 18.0 Å². The highest BCUT2D eigenvalue weighted by molar-refractivity contribution is 5.94. The maximum absolute atomic E-state index is 14.4. The van der Waals surface area contributed by atoms with Crippen LogP contribution in [0.2, 0.25) is 0 Å². The molecule has 0 unspecified atom stereocenters. The molecule has 0 spiro atoms. The molecule has 3 N–H and O–H groups in total. The third kappa shape index (κ3) is 3.58. The van der Waals surface area contributed by atoms with E-state index in [0.29, 0.717) is 28.8 Å². The van der Waals surface area contributed by atoms with Crippen LogP contribution in [0.3, 0.4) is 0 Å². The van der Waals surface area contributed by atoms with Crippen LogP contribution in [-0.2, 0) is 0 Å². The molecule has 1 amide bonds. The van der Waals surface area contributed by atoms with Gasteiger partial charge in [0.2, 0.25) is 0 Å². The molecule has 2 aromatic heterocycles. The first-order chi connectivity index (χ1) is 15.0. The largest absolute Gasteiger partial charge is 0.352 e. The summed E-state index contributed by atoms with van der Waals surface area (Å²) >= 11 is 0. The van der Waals surface area contributed by atoms with E-state index < -0.39 is 11.6 Å². The Labute approximate surface area is 175 Å². The van der Waals surface area contributed by atoms with Crippen LogP contribution in [0.15, 0.2) is 48.8 Å². The first kappa shape index (κ1) is 19.4. The highest BCUT2D eigenvalue weighted by Gasteiger charge is 2.34. The molecule has 0 aliphatic heterocycles. The Balaban J connectivity index is 1.41. The van der Waals surface area contributed by atoms with E-state index in [-0.39, 0.29) is 29.1 Å². The van der Waals surface area contributed by atoms with Gasteiger partial charge in [-0.2, -0.15) is 5.10 Å². The number of carbonyl (C=O) groups excluding carboxylic acids is 1. The molecular formula is C23H19F3N4O. The van der Waals surface area contributed by atoms with Gasteiger partial charge in [0, 0.05) is 24.2 Å². The van der Waals surface area contributed by atoms with Crippen molar-refractivity contribution in [1.82, 2.24) is 20.5 Å². The summed E-state index contributed by atoms with van der Waals surface area (Å²) < 4.78 is 41.8. The fourth-order valence-electron chi connectivity index (χ4n) is 4.36. The second-order valence-electron chi connectivity index (χ2n) is 7.96. The van der Waals surface area contributed by atoms with Gasteiger partial charge in [0.15, 0.2) is 0 Å². The molecule has 0 radical (unpaired) electrons. The number of H-pyrrole nitrogens is 2. The second kappa shape index (κ2) is 7.61. The van der Waals surface area contributed by atoms with E-state index >= 15 is 0 Å². The molecule has 1 aliphatic carbocycles. The lowest BCUT2D eigenvalue weighted by molar-refractivity contribution is 0.0935. The van der Waals surface area contributed by atoms with E-state index in [1.54, 1.807) is 12.1 Å². The number of fused-ring (bicyclic) bond motifs is 1. The lowest BCUT2D eigenvalue weighted by Crippen LogP contribution is -2.35. The number of nitrogens with one attached hydrogen (secondary N) is 3. The SMILES string of the molecule is O=C(NCC1CC(c2c(-c3ccc(F)cc3)[nH]c3c(F)cc(F)cc23)C1)c1cn[nH]c1. The highest BCUT2D eigenvalue weighted by atomic mass is 19.1. The predicted molar refractivity (Wildman–Crippen MR) is 110 cm³/mol. The van der Waals surface area contributed by atoms with E-state index in [1.165, 1.54) is 30.6 Å². The molecule has 8 heteroatoms. The number of benzene rings is 2. The summed E-state index contributed by atoms with van der Waals surface area (Å²) in [6.07, 6.45) is 4.53. The third-order valence-corrected chi connectivity index (χ3v) is 5.95. The number of amides is 1. The van der Waals surface area contributed by atoms with Crippen molar-refractivity contribution in [2.24, 2.45) is 5.92 Å². The zero-order chi connectivity index (χ0) is 21.5. The summed E-state index contributed by atoms with van der Waals surface area (Å²) in [5.74, 6) is -1.53. The second-order valence-corrected chi connectivity index (χ2v) is 7.96. The number of carbonyl (C=O) groups is 1. The molecule has 5 nitrogen and oxygen atoms in total. The lowest BCUT2D eigenvalue weighted by Gasteiger charge is -2.36. The molecule has 0 bridgehead atoms. The molecule has 0 saturated heterocycles. The Kier molecular flexibility index (Phi) is 4.77. The first-order valence-electron chi connectivity index (χ1n) is 10.0. The van der Waals surface area contributed by atoms with E-state index in [1.807, 2.05) is 0 Å². The van der Waals surface area contributed by atoms with Gasteiger partial charge >= 0.3 is 0 Å². The Morgan fingerprint density at radius 1 is 1.10 bits per heavy atom. The lowest BCUT2D eigenvalue weighted by atomic mass is 9.70. The zero-order valence-corrected chi connectivity index (χ0v) is 16.4. The molecule has 31 heavy (non-hydrogen) atoms. The van der Waals surface area contributed by atoms with Gasteiger partial charge < -0.3 is 10.3 Å². The number of rotatable bonds is 5. The normalized spacial score (nSPS) is 18.2. The summed E-state index contributed by atoms with van der Waals surface area (Å²) in [5, 5.41) is 9.76. The van der Waals surface area contributed by atoms with Crippen molar-refractivity contribution in [3.63, 3.8) is 0 Å². The Hall–Kier alpha value is -3.55. The van der Waals surface area contributed by atoms with Crippen LogP contribution in [0, 0.1) is 23.4 Å². The van der Waals surface area contributed by atoms with E-state index in [0.717, 1.165) is 24.5 Å². The van der Waals surface area contributed by atoms with Crippen LogP contribution < -0.4 is 5.32 Å². The standard InChI is InChI=1S/C23H19F3N4O/c24-16-3-1-13(2-4-16)21-20(18-7-17(25)8-19(26)22(18)30-21)14-5-12(6-14)9-27-23(31)15-10-28-29-11-15/h1-4,7-8,10-12,14,30H,5-6,9H2,(H,27,31)(H,28,29). The number of nitrogens with zero attached hydrogens (tertiary/aromatic N) is 1. The molecule has 1 aliphatic rings. The summed E-state index contributed by atoms with van der Waals surface area (Å²) in [7, 11) is 0. The van der Waals surface area contributed by atoms with Gasteiger partial charge in [0.25, 0.3) is 5.91 Å². The van der Waals surface area contributed by atoms with Crippen LogP contribution in [0.1, 0.15) is 34.7 Å². The van der Waals surface area contributed by atoms with Crippen molar-refractivity contribution in [2.75, 3.05) is 6.54 Å². The number of aromatic amines is 2. The molecule has 4 aromatic rings. The van der Waals surface area contributed by atoms with Gasteiger partial charge in [-0.25, -0.2) is 13.2 Å². The monoisotopic (exact) mass is 424 g/mol. The van der Waals surface area contributed by atoms with E-state index in [9.17, 15) is 18.0 Å². The van der Waals surface area contributed by atoms with E-state index in [4.69, 9.17) is 0 Å². The quantitative estimate of drug-likeness (QED) is 0.426. The Bertz CT molecular complexity index is 1240. The fourth-order valence-corrected chi connectivity index (χ4v) is 4.36. The Morgan fingerprint density at radius 2 is 1.87 bits per heavy atom. The van der Waals surface area contributed by atoms with Gasteiger partial charge in [-0.05, 0) is 66.1 Å². The number of aromatic nitrogens is 3. The van der Waals surface area contributed by atoms with Crippen LogP contribution in [0.4, 0.5) is 13.2 Å². The van der Waals surface area contributed by atoms with Crippen molar-refractivity contribution in [3.05, 3.63) is 77.4 Å². The average Bonchev–Trinajstić information content (AvgIpc) is 3.36. The molecule has 1 fully saturated rings. The molecule has 2 aromatic carbocycles. The van der Waals surface area contributed by atoms with Crippen molar-refractivity contribution >= 4 is 16.8 Å². The maximum atomic E-state index is 14.4. The van der Waals surface area contributed by atoms with Gasteiger partial charge in [-0.3, -0.25) is 9.89 Å². The zero-order valence-electron chi connectivity index (χ0n) is 16.4. The molecule has 5 rings (SSSR count). The van der Waals surface area contributed by atoms with Crippen LogP contribution in [0.25, 0.3) is 22.2 Å². The fraction of sp³-hybridized carbons (Fsp3) is 0.217. The number of hydrogen-bond acceptors (Lipinski definition) is 2. The molecule has 158 valence electrons. The highest BCUT2D eigenvalue weighted by Crippen LogP contribution is 2.48. The number of halogens is 3. The topological polar surface area (TPSA) is 73.6 Å². The predicted octanol–water partition coefficient (Wildman–Crippen LogP) is 4.90. The van der Waals surface area contributed by atoms with Crippen LogP contribution >= 0.6 is 0 Å². The van der Waals surface area contributed by atoms with Gasteiger partial charge in [0.1, 0.15) is 17.5 Å². The third-order valence-electron chi connectivity index (χ3n) is 5.95. The summed E-state index contributed by atoms with van der Waals surface area (Å²) in [5.41, 5.74) is 2.93. The van der Waals surface area contributed by atoms with Crippen LogP contribution in [-0.4, -0.2) is 27.6 Å². The minimum Gasteiger partial charge on any atom is -0.352 e. The maximum Gasteiger partial charge on any atom is 0.254 e. The molecule has 0 atom stereocenters. The Morgan fingerprint density at radius 3 is 2.58 bits per heavy atom. The average molecular weight is 424 g/mol. The van der Waals surface area contributed by atoms with Crippen molar-refractivity contribution in [2.45, 2.75) is 18.8 Å². The minimum atomic E-state index is -0.659. The summed E-state index contributed by atoms with van der Waals surface area (Å²) in [6.45, 7) is 0.511. The molecular weight excluding hydrogens is 405 g/mol. The molecule has 1 saturated carbocycles. The first-order valence-corrected chi connectivity index (χ1v) is 10.0. The summed E-state index contributed by atoms with van der Waals surface area (Å²) in [4.78, 5) is 15.2. The van der Waals surface area contributed by atoms with Crippen molar-refractivity contribution in [3.8, 4) is 11.3 Å². The van der Waals surface area contributed by atoms with Gasteiger partial charge in [0.05, 0.1) is 23.0 Å².